The van der Waals surface area contributed by atoms with Gasteiger partial charge in [-0.15, -0.1) is 0 Å². The number of halogens is 2. The van der Waals surface area contributed by atoms with Crippen molar-refractivity contribution in [1.82, 2.24) is 0 Å². The first-order valence-corrected chi connectivity index (χ1v) is 5.07. The molecule has 4 nitrogen and oxygen atoms in total. The van der Waals surface area contributed by atoms with Crippen LogP contribution in [0.25, 0.3) is 0 Å². The molecule has 0 amide bonds. The van der Waals surface area contributed by atoms with Crippen LogP contribution in [0, 0.1) is 0 Å². The summed E-state index contributed by atoms with van der Waals surface area (Å²) in [5.41, 5.74) is 0. The lowest BCUT2D eigenvalue weighted by Gasteiger charge is -2.10. The number of rotatable bonds is 9. The van der Waals surface area contributed by atoms with Crippen LogP contribution in [0.3, 0.4) is 0 Å². The summed E-state index contributed by atoms with van der Waals surface area (Å²) < 4.78 is 25.9. The summed E-state index contributed by atoms with van der Waals surface area (Å²) in [7, 11) is 0. The van der Waals surface area contributed by atoms with Crippen LogP contribution >= 0.6 is 0 Å². The Morgan fingerprint density at radius 1 is 0.938 bits per heavy atom. The first kappa shape index (κ1) is 14.6. The van der Waals surface area contributed by atoms with Crippen LogP contribution in [0.4, 0.5) is 8.78 Å². The van der Waals surface area contributed by atoms with Gasteiger partial charge in [0.25, 0.3) is 0 Å². The second kappa shape index (κ2) is 10.1. The third-order valence-corrected chi connectivity index (χ3v) is 2.04. The van der Waals surface area contributed by atoms with Gasteiger partial charge in [-0.25, -0.2) is 28.4 Å². The number of hydrogen-bond donors (Lipinski definition) is 0. The van der Waals surface area contributed by atoms with Gasteiger partial charge in [0.2, 0.25) is 12.2 Å². The Balaban J connectivity index is 3.52. The quantitative estimate of drug-likeness (QED) is 0.346. The van der Waals surface area contributed by atoms with Crippen LogP contribution in [0.15, 0.2) is 9.98 Å². The minimum atomic E-state index is -1.74. The zero-order chi connectivity index (χ0) is 12.2. The van der Waals surface area contributed by atoms with E-state index in [4.69, 9.17) is 0 Å². The molecule has 0 rings (SSSR count). The van der Waals surface area contributed by atoms with Crippen LogP contribution in [0.1, 0.15) is 25.7 Å². The van der Waals surface area contributed by atoms with Crippen LogP contribution < -0.4 is 0 Å². The van der Waals surface area contributed by atoms with Crippen LogP contribution in [-0.4, -0.2) is 37.6 Å². The van der Waals surface area contributed by atoms with E-state index in [1.54, 1.807) is 0 Å². The lowest BCUT2D eigenvalue weighted by atomic mass is 10.1. The van der Waals surface area contributed by atoms with Crippen molar-refractivity contribution < 1.29 is 18.4 Å². The number of aliphatic imine (C=N–C) groups is 2. The number of hydrogen-bond acceptors (Lipinski definition) is 4. The summed E-state index contributed by atoms with van der Waals surface area (Å²) in [6.07, 6.45) is 1.15. The fourth-order valence-corrected chi connectivity index (χ4v) is 1.17. The van der Waals surface area contributed by atoms with E-state index < -0.39 is 18.9 Å². The van der Waals surface area contributed by atoms with Gasteiger partial charge in [-0.3, -0.25) is 0 Å². The monoisotopic (exact) mass is 232 g/mol. The van der Waals surface area contributed by atoms with E-state index in [0.717, 1.165) is 6.08 Å². The lowest BCUT2D eigenvalue weighted by molar-refractivity contribution is 0.161. The molecular weight excluding hydrogens is 218 g/mol. The Morgan fingerprint density at radius 3 is 2.25 bits per heavy atom. The molecule has 2 unspecified atom stereocenters. The first-order valence-electron chi connectivity index (χ1n) is 5.07. The van der Waals surface area contributed by atoms with E-state index in [-0.39, 0.29) is 6.42 Å². The summed E-state index contributed by atoms with van der Waals surface area (Å²) >= 11 is 0. The Kier molecular flexibility index (Phi) is 9.27. The van der Waals surface area contributed by atoms with Crippen LogP contribution in [-0.2, 0) is 9.59 Å². The maximum absolute atomic E-state index is 13.0. The van der Waals surface area contributed by atoms with Crippen molar-refractivity contribution >= 4 is 12.2 Å². The number of nitrogens with zero attached hydrogens (tertiary/aromatic N) is 2. The molecule has 90 valence electrons. The van der Waals surface area contributed by atoms with Crippen molar-refractivity contribution in [2.24, 2.45) is 9.98 Å². The van der Waals surface area contributed by atoms with Gasteiger partial charge in [-0.2, -0.15) is 0 Å². The fourth-order valence-electron chi connectivity index (χ4n) is 1.17. The third kappa shape index (κ3) is 7.97. The Labute approximate surface area is 92.5 Å². The average molecular weight is 232 g/mol. The summed E-state index contributed by atoms with van der Waals surface area (Å²) in [6.45, 7) is -0.102. The summed E-state index contributed by atoms with van der Waals surface area (Å²) in [4.78, 5) is 25.7. The highest BCUT2D eigenvalue weighted by molar-refractivity contribution is 5.33. The van der Waals surface area contributed by atoms with Crippen molar-refractivity contribution in [3.05, 3.63) is 0 Å². The van der Waals surface area contributed by atoms with Gasteiger partial charge in [0.05, 0.1) is 13.1 Å². The molecule has 16 heavy (non-hydrogen) atoms. The molecule has 0 heterocycles. The molecule has 6 heteroatoms. The molecule has 0 saturated carbocycles. The minimum Gasteiger partial charge on any atom is -0.244 e. The van der Waals surface area contributed by atoms with E-state index in [9.17, 15) is 18.4 Å². The number of alkyl halides is 2. The van der Waals surface area contributed by atoms with Crippen LogP contribution in [0.5, 0.6) is 0 Å². The number of unbranched alkanes of at least 4 members (excludes halogenated alkanes) is 2. The summed E-state index contributed by atoms with van der Waals surface area (Å²) in [6, 6.07) is 0. The van der Waals surface area contributed by atoms with Gasteiger partial charge in [0.1, 0.15) is 6.17 Å². The average Bonchev–Trinajstić information content (AvgIpc) is 2.30. The molecule has 0 fully saturated rings. The maximum Gasteiger partial charge on any atom is 0.235 e. The predicted octanol–water partition coefficient (Wildman–Crippen LogP) is 1.89. The van der Waals surface area contributed by atoms with Gasteiger partial charge >= 0.3 is 0 Å². The molecule has 0 aliphatic heterocycles. The molecular formula is C10H14F2N2O2. The highest BCUT2D eigenvalue weighted by Gasteiger charge is 2.19. The van der Waals surface area contributed by atoms with Crippen molar-refractivity contribution in [3.8, 4) is 0 Å². The van der Waals surface area contributed by atoms with E-state index in [1.807, 2.05) is 0 Å². The molecule has 0 aromatic rings. The normalized spacial score (nSPS) is 13.4. The smallest absolute Gasteiger partial charge is 0.235 e. The van der Waals surface area contributed by atoms with Gasteiger partial charge in [-0.1, -0.05) is 12.8 Å². The summed E-state index contributed by atoms with van der Waals surface area (Å²) in [5, 5.41) is 0. The predicted molar refractivity (Wildman–Crippen MR) is 54.2 cm³/mol. The lowest BCUT2D eigenvalue weighted by Crippen LogP contribution is -2.20. The van der Waals surface area contributed by atoms with Crippen LogP contribution in [0.2, 0.25) is 0 Å². The molecule has 0 aromatic carbocycles. The Hall–Kier alpha value is -1.38. The first-order chi connectivity index (χ1) is 7.72. The SMILES string of the molecule is O=C=NCCCCCC(F)C(F)CN=C=O. The van der Waals surface area contributed by atoms with E-state index in [0.29, 0.717) is 25.8 Å². The highest BCUT2D eigenvalue weighted by atomic mass is 19.2. The molecule has 2 atom stereocenters. The molecule has 0 aromatic heterocycles. The second-order valence-corrected chi connectivity index (χ2v) is 3.29. The summed E-state index contributed by atoms with van der Waals surface area (Å²) in [5.74, 6) is 0. The minimum absolute atomic E-state index is 0.0837. The molecule has 0 spiro atoms. The standard InChI is InChI=1S/C10H14F2N2O2/c11-9(10(12)6-14-8-16)4-2-1-3-5-13-7-15/h9-10H,1-6H2. The molecule has 0 saturated heterocycles. The molecule has 0 radical (unpaired) electrons. The highest BCUT2D eigenvalue weighted by Crippen LogP contribution is 2.13. The van der Waals surface area contributed by atoms with Gasteiger partial charge in [-0.05, 0) is 12.8 Å². The van der Waals surface area contributed by atoms with Crippen molar-refractivity contribution in [3.63, 3.8) is 0 Å². The van der Waals surface area contributed by atoms with E-state index >= 15 is 0 Å². The van der Waals surface area contributed by atoms with E-state index in [2.05, 4.69) is 9.98 Å². The zero-order valence-electron chi connectivity index (χ0n) is 8.86. The second-order valence-electron chi connectivity index (χ2n) is 3.29. The number of carbonyl (C=O) groups excluding carboxylic acids is 2. The largest absolute Gasteiger partial charge is 0.244 e. The van der Waals surface area contributed by atoms with Gasteiger partial charge < -0.3 is 0 Å². The Bertz CT molecular complexity index is 274. The molecule has 0 aliphatic carbocycles. The maximum atomic E-state index is 13.0. The zero-order valence-corrected chi connectivity index (χ0v) is 8.86. The number of isocyanates is 2. The van der Waals surface area contributed by atoms with Crippen molar-refractivity contribution in [2.45, 2.75) is 38.0 Å². The molecule has 0 aliphatic rings. The van der Waals surface area contributed by atoms with Crippen molar-refractivity contribution in [2.75, 3.05) is 13.1 Å². The fraction of sp³-hybridized carbons (Fsp3) is 0.800. The van der Waals surface area contributed by atoms with Crippen molar-refractivity contribution in [1.29, 1.82) is 0 Å². The topological polar surface area (TPSA) is 58.9 Å². The third-order valence-electron chi connectivity index (χ3n) is 2.04. The van der Waals surface area contributed by atoms with Gasteiger partial charge in [0.15, 0.2) is 6.17 Å². The molecule has 0 N–H and O–H groups in total. The Morgan fingerprint density at radius 2 is 1.62 bits per heavy atom. The molecule has 0 bridgehead atoms. The van der Waals surface area contributed by atoms with E-state index in [1.165, 1.54) is 6.08 Å². The van der Waals surface area contributed by atoms with Gasteiger partial charge in [0, 0.05) is 0 Å².